The molecule has 0 radical (unpaired) electrons. The summed E-state index contributed by atoms with van der Waals surface area (Å²) in [4.78, 5) is 11.9. The van der Waals surface area contributed by atoms with Crippen molar-refractivity contribution < 1.29 is 4.79 Å². The molecule has 82 valence electrons. The van der Waals surface area contributed by atoms with Crippen LogP contribution >= 0.6 is 0 Å². The van der Waals surface area contributed by atoms with Crippen LogP contribution in [0.5, 0.6) is 0 Å². The van der Waals surface area contributed by atoms with Crippen LogP contribution < -0.4 is 5.73 Å². The molecule has 14 heavy (non-hydrogen) atoms. The van der Waals surface area contributed by atoms with E-state index < -0.39 is 5.54 Å². The lowest BCUT2D eigenvalue weighted by molar-refractivity contribution is -0.126. The maximum absolute atomic E-state index is 11.9. The van der Waals surface area contributed by atoms with Crippen molar-refractivity contribution in [3.63, 3.8) is 0 Å². The van der Waals surface area contributed by atoms with Gasteiger partial charge >= 0.3 is 0 Å². The number of carbonyl (C=O) groups excluding carboxylic acids is 1. The molecule has 0 aromatic carbocycles. The predicted molar refractivity (Wildman–Crippen MR) is 59.1 cm³/mol. The molecule has 0 heterocycles. The second-order valence-corrected chi connectivity index (χ2v) is 4.88. The van der Waals surface area contributed by atoms with E-state index in [9.17, 15) is 4.79 Å². The fraction of sp³-hybridized carbons (Fsp3) is 0.917. The standard InChI is InChI=1S/C12H23NO/c1-3-4-7-11(14)12(13)8-5-6-10(2)9-12/h10H,3-9,13H2,1-2H3. The minimum absolute atomic E-state index is 0.297. The average molecular weight is 197 g/mol. The van der Waals surface area contributed by atoms with Gasteiger partial charge in [-0.25, -0.2) is 0 Å². The highest BCUT2D eigenvalue weighted by Gasteiger charge is 2.36. The van der Waals surface area contributed by atoms with Crippen molar-refractivity contribution in [1.82, 2.24) is 0 Å². The molecule has 1 aliphatic carbocycles. The van der Waals surface area contributed by atoms with Gasteiger partial charge in [0.2, 0.25) is 0 Å². The van der Waals surface area contributed by atoms with Crippen LogP contribution in [0.1, 0.15) is 58.8 Å². The first-order valence-electron chi connectivity index (χ1n) is 5.90. The number of nitrogens with two attached hydrogens (primary N) is 1. The fourth-order valence-corrected chi connectivity index (χ4v) is 2.43. The van der Waals surface area contributed by atoms with E-state index in [0.29, 0.717) is 18.1 Å². The van der Waals surface area contributed by atoms with Crippen LogP contribution in [0.2, 0.25) is 0 Å². The smallest absolute Gasteiger partial charge is 0.152 e. The minimum Gasteiger partial charge on any atom is -0.319 e. The van der Waals surface area contributed by atoms with Crippen LogP contribution in [0.25, 0.3) is 0 Å². The molecular formula is C12H23NO. The van der Waals surface area contributed by atoms with E-state index in [1.807, 2.05) is 0 Å². The van der Waals surface area contributed by atoms with Gasteiger partial charge in [0.05, 0.1) is 5.54 Å². The molecule has 2 nitrogen and oxygen atoms in total. The number of Topliss-reactive ketones (excluding diaryl/α,β-unsaturated/α-hetero) is 1. The van der Waals surface area contributed by atoms with E-state index in [4.69, 9.17) is 5.73 Å². The number of rotatable bonds is 4. The lowest BCUT2D eigenvalue weighted by atomic mass is 9.74. The molecule has 0 aliphatic heterocycles. The monoisotopic (exact) mass is 197 g/mol. The van der Waals surface area contributed by atoms with Gasteiger partial charge in [-0.15, -0.1) is 0 Å². The van der Waals surface area contributed by atoms with Crippen molar-refractivity contribution >= 4 is 5.78 Å². The summed E-state index contributed by atoms with van der Waals surface area (Å²) in [5.41, 5.74) is 5.70. The van der Waals surface area contributed by atoms with Crippen molar-refractivity contribution in [1.29, 1.82) is 0 Å². The van der Waals surface area contributed by atoms with Crippen molar-refractivity contribution in [3.8, 4) is 0 Å². The maximum Gasteiger partial charge on any atom is 0.152 e. The largest absolute Gasteiger partial charge is 0.319 e. The number of hydrogen-bond donors (Lipinski definition) is 1. The van der Waals surface area contributed by atoms with E-state index >= 15 is 0 Å². The molecule has 0 amide bonds. The van der Waals surface area contributed by atoms with Gasteiger partial charge in [0, 0.05) is 6.42 Å². The third-order valence-electron chi connectivity index (χ3n) is 3.35. The summed E-state index contributed by atoms with van der Waals surface area (Å²) >= 11 is 0. The van der Waals surface area contributed by atoms with Crippen LogP contribution in [0.15, 0.2) is 0 Å². The molecule has 2 unspecified atom stereocenters. The summed E-state index contributed by atoms with van der Waals surface area (Å²) in [7, 11) is 0. The highest BCUT2D eigenvalue weighted by molar-refractivity contribution is 5.88. The van der Waals surface area contributed by atoms with Crippen LogP contribution in [0.3, 0.4) is 0 Å². The minimum atomic E-state index is -0.479. The first-order chi connectivity index (χ1) is 6.58. The van der Waals surface area contributed by atoms with Gasteiger partial charge in [-0.05, 0) is 25.2 Å². The first kappa shape index (κ1) is 11.7. The topological polar surface area (TPSA) is 43.1 Å². The summed E-state index contributed by atoms with van der Waals surface area (Å²) in [5, 5.41) is 0. The quantitative estimate of drug-likeness (QED) is 0.753. The van der Waals surface area contributed by atoms with Crippen LogP contribution in [-0.2, 0) is 4.79 Å². The molecule has 1 aliphatic rings. The second-order valence-electron chi connectivity index (χ2n) is 4.88. The van der Waals surface area contributed by atoms with Gasteiger partial charge in [-0.1, -0.05) is 33.1 Å². The normalized spacial score (nSPS) is 32.9. The third kappa shape index (κ3) is 2.81. The Bertz CT molecular complexity index is 202. The van der Waals surface area contributed by atoms with Gasteiger partial charge in [-0.2, -0.15) is 0 Å². The van der Waals surface area contributed by atoms with Crippen molar-refractivity contribution in [2.24, 2.45) is 11.7 Å². The zero-order valence-corrected chi connectivity index (χ0v) is 9.51. The molecule has 2 atom stereocenters. The Morgan fingerprint density at radius 1 is 1.57 bits per heavy atom. The molecule has 1 rings (SSSR count). The van der Waals surface area contributed by atoms with Crippen LogP contribution in [0, 0.1) is 5.92 Å². The molecule has 2 heteroatoms. The Hall–Kier alpha value is -0.370. The predicted octanol–water partition coefficient (Wildman–Crippen LogP) is 2.65. The van der Waals surface area contributed by atoms with Gasteiger partial charge in [0.1, 0.15) is 0 Å². The lowest BCUT2D eigenvalue weighted by Crippen LogP contribution is -2.50. The Morgan fingerprint density at radius 2 is 2.29 bits per heavy atom. The maximum atomic E-state index is 11.9. The number of hydrogen-bond acceptors (Lipinski definition) is 2. The first-order valence-corrected chi connectivity index (χ1v) is 5.90. The van der Waals surface area contributed by atoms with E-state index in [2.05, 4.69) is 13.8 Å². The summed E-state index contributed by atoms with van der Waals surface area (Å²) in [6, 6.07) is 0. The third-order valence-corrected chi connectivity index (χ3v) is 3.35. The fourth-order valence-electron chi connectivity index (χ4n) is 2.43. The molecule has 2 N–H and O–H groups in total. The molecule has 0 aromatic rings. The number of unbranched alkanes of at least 4 members (excludes halogenated alkanes) is 1. The Kier molecular flexibility index (Phi) is 4.11. The van der Waals surface area contributed by atoms with Crippen molar-refractivity contribution in [3.05, 3.63) is 0 Å². The Morgan fingerprint density at radius 3 is 2.86 bits per heavy atom. The van der Waals surface area contributed by atoms with Crippen molar-refractivity contribution in [2.75, 3.05) is 0 Å². The molecule has 0 spiro atoms. The van der Waals surface area contributed by atoms with E-state index in [1.165, 1.54) is 6.42 Å². The zero-order chi connectivity index (χ0) is 10.6. The zero-order valence-electron chi connectivity index (χ0n) is 9.51. The van der Waals surface area contributed by atoms with Gasteiger partial charge < -0.3 is 5.73 Å². The molecule has 0 saturated heterocycles. The van der Waals surface area contributed by atoms with Crippen LogP contribution in [-0.4, -0.2) is 11.3 Å². The number of ketones is 1. The van der Waals surface area contributed by atoms with E-state index in [-0.39, 0.29) is 0 Å². The van der Waals surface area contributed by atoms with E-state index in [0.717, 1.165) is 32.1 Å². The Labute approximate surface area is 87.2 Å². The van der Waals surface area contributed by atoms with E-state index in [1.54, 1.807) is 0 Å². The van der Waals surface area contributed by atoms with Crippen LogP contribution in [0.4, 0.5) is 0 Å². The highest BCUT2D eigenvalue weighted by atomic mass is 16.1. The highest BCUT2D eigenvalue weighted by Crippen LogP contribution is 2.32. The molecule has 1 saturated carbocycles. The molecular weight excluding hydrogens is 174 g/mol. The SMILES string of the molecule is CCCCC(=O)C1(N)CCCC(C)C1. The average Bonchev–Trinajstić information content (AvgIpc) is 2.13. The second kappa shape index (κ2) is 4.92. The van der Waals surface area contributed by atoms with Gasteiger partial charge in [-0.3, -0.25) is 4.79 Å². The van der Waals surface area contributed by atoms with Crippen molar-refractivity contribution in [2.45, 2.75) is 64.3 Å². The van der Waals surface area contributed by atoms with Gasteiger partial charge in [0.15, 0.2) is 5.78 Å². The number of carbonyl (C=O) groups is 1. The summed E-state index contributed by atoms with van der Waals surface area (Å²) < 4.78 is 0. The summed E-state index contributed by atoms with van der Waals surface area (Å²) in [6.45, 7) is 4.31. The summed E-state index contributed by atoms with van der Waals surface area (Å²) in [6.07, 6.45) is 6.91. The summed E-state index contributed by atoms with van der Waals surface area (Å²) in [5.74, 6) is 0.922. The molecule has 1 fully saturated rings. The Balaban J connectivity index is 2.50. The lowest BCUT2D eigenvalue weighted by Gasteiger charge is -2.35. The molecule has 0 aromatic heterocycles. The van der Waals surface area contributed by atoms with Gasteiger partial charge in [0.25, 0.3) is 0 Å². The molecule has 0 bridgehead atoms.